The number of hydrogen-bond acceptors (Lipinski definition) is 4. The Balaban J connectivity index is 2.41. The summed E-state index contributed by atoms with van der Waals surface area (Å²) >= 11 is 0. The van der Waals surface area contributed by atoms with Gasteiger partial charge in [0.2, 0.25) is 0 Å². The highest BCUT2D eigenvalue weighted by Gasteiger charge is 2.47. The van der Waals surface area contributed by atoms with Crippen molar-refractivity contribution >= 4 is 17.5 Å². The minimum absolute atomic E-state index is 0.0178. The van der Waals surface area contributed by atoms with E-state index < -0.39 is 16.6 Å². The van der Waals surface area contributed by atoms with Gasteiger partial charge in [0.05, 0.1) is 10.5 Å². The SMILES string of the molecule is CCCC(c1ccccc1)(C(CC)c1ccccc1)N(C(=O)[O-])c1ccccc1[N+](=O)[O-]. The number of carbonyl (C=O) groups excluding carboxylic acids is 1. The number of nitro groups is 1. The molecule has 0 saturated heterocycles. The first-order chi connectivity index (χ1) is 15.5. The zero-order chi connectivity index (χ0) is 23.1. The highest BCUT2D eigenvalue weighted by atomic mass is 16.6. The first-order valence-corrected chi connectivity index (χ1v) is 10.8. The lowest BCUT2D eigenvalue weighted by molar-refractivity contribution is -0.384. The quantitative estimate of drug-likeness (QED) is 0.324. The summed E-state index contributed by atoms with van der Waals surface area (Å²) in [6.45, 7) is 4.00. The van der Waals surface area contributed by atoms with Gasteiger partial charge in [-0.15, -0.1) is 0 Å². The second-order valence-corrected chi connectivity index (χ2v) is 7.76. The van der Waals surface area contributed by atoms with E-state index in [9.17, 15) is 20.0 Å². The molecule has 0 saturated carbocycles. The molecule has 32 heavy (non-hydrogen) atoms. The molecule has 0 heterocycles. The second-order valence-electron chi connectivity index (χ2n) is 7.76. The van der Waals surface area contributed by atoms with Gasteiger partial charge < -0.3 is 14.8 Å². The van der Waals surface area contributed by atoms with Crippen molar-refractivity contribution in [3.8, 4) is 0 Å². The Labute approximate surface area is 188 Å². The van der Waals surface area contributed by atoms with E-state index in [4.69, 9.17) is 0 Å². The first-order valence-electron chi connectivity index (χ1n) is 10.8. The third-order valence-corrected chi connectivity index (χ3v) is 5.99. The number of nitro benzene ring substituents is 1. The topological polar surface area (TPSA) is 86.5 Å². The van der Waals surface area contributed by atoms with Crippen LogP contribution in [0.3, 0.4) is 0 Å². The van der Waals surface area contributed by atoms with Crippen molar-refractivity contribution in [2.45, 2.75) is 44.6 Å². The monoisotopic (exact) mass is 431 g/mol. The zero-order valence-corrected chi connectivity index (χ0v) is 18.3. The van der Waals surface area contributed by atoms with Crippen molar-refractivity contribution in [3.63, 3.8) is 0 Å². The number of rotatable bonds is 9. The van der Waals surface area contributed by atoms with E-state index >= 15 is 0 Å². The molecule has 0 aromatic heterocycles. The van der Waals surface area contributed by atoms with Crippen molar-refractivity contribution in [1.29, 1.82) is 0 Å². The number of nitrogens with zero attached hydrogens (tertiary/aromatic N) is 2. The van der Waals surface area contributed by atoms with Crippen molar-refractivity contribution in [2.75, 3.05) is 4.90 Å². The maximum Gasteiger partial charge on any atom is 0.292 e. The van der Waals surface area contributed by atoms with Crippen molar-refractivity contribution in [2.24, 2.45) is 0 Å². The van der Waals surface area contributed by atoms with Crippen LogP contribution < -0.4 is 10.0 Å². The van der Waals surface area contributed by atoms with Crippen LogP contribution in [-0.2, 0) is 5.54 Å². The summed E-state index contributed by atoms with van der Waals surface area (Å²) < 4.78 is 0. The normalized spacial score (nSPS) is 13.7. The van der Waals surface area contributed by atoms with E-state index in [1.807, 2.05) is 74.5 Å². The van der Waals surface area contributed by atoms with Crippen molar-refractivity contribution < 1.29 is 14.8 Å². The number of para-hydroxylation sites is 2. The average Bonchev–Trinajstić information content (AvgIpc) is 2.81. The van der Waals surface area contributed by atoms with Crippen LogP contribution in [0.2, 0.25) is 0 Å². The third kappa shape index (κ3) is 4.21. The smallest absolute Gasteiger partial charge is 0.292 e. The van der Waals surface area contributed by atoms with Crippen LogP contribution in [0.4, 0.5) is 16.2 Å². The van der Waals surface area contributed by atoms with Crippen LogP contribution in [-0.4, -0.2) is 11.0 Å². The second kappa shape index (κ2) is 10.1. The lowest BCUT2D eigenvalue weighted by Gasteiger charge is -2.50. The third-order valence-electron chi connectivity index (χ3n) is 5.99. The molecule has 0 aliphatic carbocycles. The van der Waals surface area contributed by atoms with E-state index in [1.165, 1.54) is 18.2 Å². The van der Waals surface area contributed by atoms with Crippen LogP contribution in [0.5, 0.6) is 0 Å². The fourth-order valence-electron chi connectivity index (χ4n) is 4.84. The molecule has 0 bridgehead atoms. The Morgan fingerprint density at radius 3 is 2.03 bits per heavy atom. The molecule has 1 amide bonds. The van der Waals surface area contributed by atoms with Gasteiger partial charge in [-0.05, 0) is 30.0 Å². The Morgan fingerprint density at radius 2 is 1.50 bits per heavy atom. The van der Waals surface area contributed by atoms with E-state index in [0.717, 1.165) is 16.0 Å². The average molecular weight is 432 g/mol. The minimum Gasteiger partial charge on any atom is -0.530 e. The Morgan fingerprint density at radius 1 is 0.938 bits per heavy atom. The molecule has 2 atom stereocenters. The molecule has 0 aliphatic heterocycles. The van der Waals surface area contributed by atoms with E-state index in [-0.39, 0.29) is 17.3 Å². The number of anilines is 1. The molecule has 3 rings (SSSR count). The summed E-state index contributed by atoms with van der Waals surface area (Å²) in [4.78, 5) is 25.2. The molecule has 0 aliphatic rings. The van der Waals surface area contributed by atoms with Crippen LogP contribution in [0.1, 0.15) is 50.2 Å². The van der Waals surface area contributed by atoms with Crippen LogP contribution >= 0.6 is 0 Å². The number of hydrogen-bond donors (Lipinski definition) is 0. The lowest BCUT2D eigenvalue weighted by Crippen LogP contribution is -2.57. The van der Waals surface area contributed by atoms with E-state index in [2.05, 4.69) is 0 Å². The highest BCUT2D eigenvalue weighted by Crippen LogP contribution is 2.50. The van der Waals surface area contributed by atoms with Crippen molar-refractivity contribution in [1.82, 2.24) is 0 Å². The van der Waals surface area contributed by atoms with Gasteiger partial charge in [0.1, 0.15) is 11.8 Å². The predicted octanol–water partition coefficient (Wildman–Crippen LogP) is 5.63. The maximum absolute atomic E-state index is 12.8. The Hall–Kier alpha value is -3.67. The molecule has 166 valence electrons. The van der Waals surface area contributed by atoms with Gasteiger partial charge in [-0.25, -0.2) is 0 Å². The van der Waals surface area contributed by atoms with Crippen LogP contribution in [0.15, 0.2) is 84.9 Å². The molecule has 0 spiro atoms. The first kappa shape index (κ1) is 23.0. The fraction of sp³-hybridized carbons (Fsp3) is 0.269. The van der Waals surface area contributed by atoms with Crippen LogP contribution in [0, 0.1) is 10.1 Å². The molecular weight excluding hydrogens is 404 g/mol. The molecule has 2 unspecified atom stereocenters. The van der Waals surface area contributed by atoms with Crippen LogP contribution in [0.25, 0.3) is 0 Å². The van der Waals surface area contributed by atoms with E-state index in [0.29, 0.717) is 19.3 Å². The molecular formula is C26H27N2O4-. The molecule has 6 heteroatoms. The Bertz CT molecular complexity index is 1060. The molecule has 0 N–H and O–H groups in total. The summed E-state index contributed by atoms with van der Waals surface area (Å²) in [5, 5.41) is 24.7. The summed E-state index contributed by atoms with van der Waals surface area (Å²) in [6, 6.07) is 25.1. The summed E-state index contributed by atoms with van der Waals surface area (Å²) in [6.07, 6.45) is 0.294. The summed E-state index contributed by atoms with van der Waals surface area (Å²) in [5.41, 5.74) is 0.397. The van der Waals surface area contributed by atoms with Gasteiger partial charge in [0, 0.05) is 12.0 Å². The summed E-state index contributed by atoms with van der Waals surface area (Å²) in [7, 11) is 0. The largest absolute Gasteiger partial charge is 0.530 e. The Kier molecular flexibility index (Phi) is 7.25. The molecule has 3 aromatic carbocycles. The number of benzene rings is 3. The minimum atomic E-state index is -1.47. The molecule has 0 fully saturated rings. The maximum atomic E-state index is 12.8. The van der Waals surface area contributed by atoms with Gasteiger partial charge in [-0.1, -0.05) is 93.1 Å². The zero-order valence-electron chi connectivity index (χ0n) is 18.3. The standard InChI is InChI=1S/C26H28N2O4/c1-3-19-26(21-15-9-6-10-16-21,22(4-2)20-13-7-5-8-14-20)27(25(29)30)23-17-11-12-18-24(23)28(31)32/h5-18,22H,3-4,19H2,1-2H3,(H,29,30)/p-1. The highest BCUT2D eigenvalue weighted by molar-refractivity contribution is 5.90. The van der Waals surface area contributed by atoms with Gasteiger partial charge in [-0.2, -0.15) is 0 Å². The number of amides is 1. The summed E-state index contributed by atoms with van der Waals surface area (Å²) in [5.74, 6) is -0.260. The van der Waals surface area contributed by atoms with E-state index in [1.54, 1.807) is 6.07 Å². The van der Waals surface area contributed by atoms with Crippen molar-refractivity contribution in [3.05, 3.63) is 106 Å². The van der Waals surface area contributed by atoms with Gasteiger partial charge >= 0.3 is 0 Å². The molecule has 3 aromatic rings. The lowest BCUT2D eigenvalue weighted by atomic mass is 9.69. The van der Waals surface area contributed by atoms with Gasteiger partial charge in [0.15, 0.2) is 0 Å². The van der Waals surface area contributed by atoms with Gasteiger partial charge in [-0.3, -0.25) is 10.1 Å². The number of carboxylic acid groups (broad SMARTS) is 1. The van der Waals surface area contributed by atoms with Gasteiger partial charge in [0.25, 0.3) is 5.69 Å². The fourth-order valence-corrected chi connectivity index (χ4v) is 4.84. The molecule has 0 radical (unpaired) electrons. The molecule has 6 nitrogen and oxygen atoms in total. The predicted molar refractivity (Wildman–Crippen MR) is 123 cm³/mol. The number of carbonyl (C=O) groups is 1.